The maximum absolute atomic E-state index is 11.8. The third-order valence-electron chi connectivity index (χ3n) is 3.28. The molecule has 0 amide bonds. The zero-order valence-corrected chi connectivity index (χ0v) is 11.1. The first kappa shape index (κ1) is 13.8. The number of nitrogens with two attached hydrogens (primary N) is 1. The number of benzene rings is 1. The lowest BCUT2D eigenvalue weighted by atomic mass is 10.1. The molecule has 0 aliphatic carbocycles. The van der Waals surface area contributed by atoms with Gasteiger partial charge in [-0.25, -0.2) is 0 Å². The number of nitrogens with zero attached hydrogens (tertiary/aromatic N) is 1. The maximum Gasteiger partial charge on any atom is 0.156 e. The molecule has 1 aliphatic rings. The maximum atomic E-state index is 11.8. The quantitative estimate of drug-likeness (QED) is 0.615. The molecule has 1 fully saturated rings. The minimum Gasteiger partial charge on any atom is -0.399 e. The van der Waals surface area contributed by atoms with Gasteiger partial charge in [0.2, 0.25) is 0 Å². The van der Waals surface area contributed by atoms with E-state index in [-0.39, 0.29) is 5.78 Å². The number of carbonyl (C=O) groups is 1. The molecule has 1 saturated heterocycles. The van der Waals surface area contributed by atoms with Crippen molar-refractivity contribution in [1.29, 1.82) is 0 Å². The Morgan fingerprint density at radius 1 is 1.26 bits per heavy atom. The summed E-state index contributed by atoms with van der Waals surface area (Å²) in [6.07, 6.45) is 4.10. The monoisotopic (exact) mass is 259 g/mol. The fourth-order valence-corrected chi connectivity index (χ4v) is 2.08. The van der Waals surface area contributed by atoms with Crippen LogP contribution in [0.5, 0.6) is 0 Å². The Morgan fingerprint density at radius 2 is 1.95 bits per heavy atom. The number of nitrogens with one attached hydrogen (secondary N) is 1. The Bertz CT molecular complexity index is 433. The van der Waals surface area contributed by atoms with Crippen molar-refractivity contribution < 1.29 is 4.79 Å². The molecule has 1 heterocycles. The van der Waals surface area contributed by atoms with Gasteiger partial charge in [0.05, 0.1) is 0 Å². The molecule has 4 nitrogen and oxygen atoms in total. The number of rotatable bonds is 5. The largest absolute Gasteiger partial charge is 0.399 e. The summed E-state index contributed by atoms with van der Waals surface area (Å²) in [6.45, 7) is 4.97. The fourth-order valence-electron chi connectivity index (χ4n) is 2.08. The number of nitrogen functional groups attached to an aromatic ring is 1. The molecule has 0 radical (unpaired) electrons. The summed E-state index contributed by atoms with van der Waals surface area (Å²) in [5.41, 5.74) is 7.35. The summed E-state index contributed by atoms with van der Waals surface area (Å²) in [7, 11) is 0. The van der Waals surface area contributed by atoms with Crippen LogP contribution < -0.4 is 11.1 Å². The molecule has 1 aliphatic heterocycles. The molecule has 102 valence electrons. The van der Waals surface area contributed by atoms with Gasteiger partial charge in [-0.2, -0.15) is 0 Å². The van der Waals surface area contributed by atoms with Gasteiger partial charge >= 0.3 is 0 Å². The Hall–Kier alpha value is -1.65. The van der Waals surface area contributed by atoms with Gasteiger partial charge in [-0.1, -0.05) is 18.2 Å². The second-order valence-electron chi connectivity index (χ2n) is 4.81. The number of ketones is 1. The van der Waals surface area contributed by atoms with E-state index in [1.165, 1.54) is 0 Å². The second-order valence-corrected chi connectivity index (χ2v) is 4.81. The summed E-state index contributed by atoms with van der Waals surface area (Å²) in [5, 5.41) is 3.30. The van der Waals surface area contributed by atoms with Gasteiger partial charge in [0.25, 0.3) is 0 Å². The van der Waals surface area contributed by atoms with Gasteiger partial charge < -0.3 is 16.0 Å². The summed E-state index contributed by atoms with van der Waals surface area (Å²) < 4.78 is 0. The molecule has 0 aromatic heterocycles. The summed E-state index contributed by atoms with van der Waals surface area (Å²) in [4.78, 5) is 14.1. The molecule has 3 N–H and O–H groups in total. The molecule has 19 heavy (non-hydrogen) atoms. The Balaban J connectivity index is 1.75. The lowest BCUT2D eigenvalue weighted by molar-refractivity contribution is -0.114. The molecule has 4 heteroatoms. The lowest BCUT2D eigenvalue weighted by Crippen LogP contribution is -2.44. The molecular weight excluding hydrogens is 238 g/mol. The Kier molecular flexibility index (Phi) is 5.12. The lowest BCUT2D eigenvalue weighted by Gasteiger charge is -2.26. The van der Waals surface area contributed by atoms with Gasteiger partial charge in [0, 0.05) is 44.8 Å². The standard InChI is InChI=1S/C15H21N3O/c16-14-4-1-13(2-5-14)3-6-15(19)7-10-18-11-8-17-9-12-18/h1-6,17H,7-12,16H2. The molecule has 1 aromatic carbocycles. The van der Waals surface area contributed by atoms with E-state index in [0.717, 1.165) is 44.0 Å². The van der Waals surface area contributed by atoms with Crippen molar-refractivity contribution in [2.24, 2.45) is 0 Å². The number of anilines is 1. The molecule has 0 atom stereocenters. The van der Waals surface area contributed by atoms with Gasteiger partial charge in [0.1, 0.15) is 0 Å². The van der Waals surface area contributed by atoms with E-state index in [1.54, 1.807) is 6.08 Å². The van der Waals surface area contributed by atoms with Crippen molar-refractivity contribution in [3.63, 3.8) is 0 Å². The van der Waals surface area contributed by atoms with Gasteiger partial charge in [-0.15, -0.1) is 0 Å². The molecule has 0 bridgehead atoms. The van der Waals surface area contributed by atoms with Crippen LogP contribution in [-0.2, 0) is 4.79 Å². The predicted molar refractivity (Wildman–Crippen MR) is 78.8 cm³/mol. The van der Waals surface area contributed by atoms with Crippen LogP contribution in [0.25, 0.3) is 6.08 Å². The van der Waals surface area contributed by atoms with E-state index < -0.39 is 0 Å². The smallest absolute Gasteiger partial charge is 0.156 e. The number of piperazine rings is 1. The zero-order chi connectivity index (χ0) is 13.5. The van der Waals surface area contributed by atoms with Crippen molar-refractivity contribution in [3.05, 3.63) is 35.9 Å². The normalized spacial score (nSPS) is 16.8. The van der Waals surface area contributed by atoms with Gasteiger partial charge in [-0.3, -0.25) is 4.79 Å². The van der Waals surface area contributed by atoms with Crippen molar-refractivity contribution in [2.75, 3.05) is 38.5 Å². The number of hydrogen-bond acceptors (Lipinski definition) is 4. The van der Waals surface area contributed by atoms with E-state index in [9.17, 15) is 4.79 Å². The number of carbonyl (C=O) groups excluding carboxylic acids is 1. The molecule has 2 rings (SSSR count). The molecular formula is C15H21N3O. The topological polar surface area (TPSA) is 58.4 Å². The van der Waals surface area contributed by atoms with Crippen LogP contribution in [0.15, 0.2) is 30.3 Å². The van der Waals surface area contributed by atoms with Crippen molar-refractivity contribution in [2.45, 2.75) is 6.42 Å². The van der Waals surface area contributed by atoms with E-state index in [4.69, 9.17) is 5.73 Å². The summed E-state index contributed by atoms with van der Waals surface area (Å²) >= 11 is 0. The highest BCUT2D eigenvalue weighted by Gasteiger charge is 2.09. The van der Waals surface area contributed by atoms with E-state index in [1.807, 2.05) is 30.3 Å². The minimum absolute atomic E-state index is 0.176. The van der Waals surface area contributed by atoms with E-state index in [2.05, 4.69) is 10.2 Å². The minimum atomic E-state index is 0.176. The Labute approximate surface area is 114 Å². The average Bonchev–Trinajstić information content (AvgIpc) is 2.45. The first-order valence-corrected chi connectivity index (χ1v) is 6.73. The van der Waals surface area contributed by atoms with Crippen LogP contribution >= 0.6 is 0 Å². The van der Waals surface area contributed by atoms with Crippen LogP contribution in [0.4, 0.5) is 5.69 Å². The van der Waals surface area contributed by atoms with Crippen LogP contribution in [0.1, 0.15) is 12.0 Å². The molecule has 1 aromatic rings. The van der Waals surface area contributed by atoms with Crippen LogP contribution in [0.2, 0.25) is 0 Å². The fraction of sp³-hybridized carbons (Fsp3) is 0.400. The predicted octanol–water partition coefficient (Wildman–Crippen LogP) is 1.15. The highest BCUT2D eigenvalue weighted by atomic mass is 16.1. The van der Waals surface area contributed by atoms with Crippen LogP contribution in [-0.4, -0.2) is 43.4 Å². The summed E-state index contributed by atoms with van der Waals surface area (Å²) in [5.74, 6) is 0.176. The van der Waals surface area contributed by atoms with Crippen molar-refractivity contribution in [1.82, 2.24) is 10.2 Å². The summed E-state index contributed by atoms with van der Waals surface area (Å²) in [6, 6.07) is 7.50. The molecule has 0 spiro atoms. The molecule has 0 saturated carbocycles. The van der Waals surface area contributed by atoms with Gasteiger partial charge in [-0.05, 0) is 23.8 Å². The zero-order valence-electron chi connectivity index (χ0n) is 11.1. The molecule has 0 unspecified atom stereocenters. The van der Waals surface area contributed by atoms with E-state index in [0.29, 0.717) is 6.42 Å². The van der Waals surface area contributed by atoms with Crippen molar-refractivity contribution in [3.8, 4) is 0 Å². The SMILES string of the molecule is Nc1ccc(C=CC(=O)CCN2CCNCC2)cc1. The number of allylic oxidation sites excluding steroid dienone is 1. The highest BCUT2D eigenvalue weighted by molar-refractivity contribution is 5.93. The third kappa shape index (κ3) is 4.85. The van der Waals surface area contributed by atoms with Crippen molar-refractivity contribution >= 4 is 17.5 Å². The van der Waals surface area contributed by atoms with E-state index >= 15 is 0 Å². The van der Waals surface area contributed by atoms with Gasteiger partial charge in [0.15, 0.2) is 5.78 Å². The highest BCUT2D eigenvalue weighted by Crippen LogP contribution is 2.07. The second kappa shape index (κ2) is 7.07. The Morgan fingerprint density at radius 3 is 2.63 bits per heavy atom. The first-order valence-electron chi connectivity index (χ1n) is 6.73. The third-order valence-corrected chi connectivity index (χ3v) is 3.28. The first-order chi connectivity index (χ1) is 9.24. The van der Waals surface area contributed by atoms with Crippen LogP contribution in [0.3, 0.4) is 0 Å². The average molecular weight is 259 g/mol. The van der Waals surface area contributed by atoms with Crippen LogP contribution in [0, 0.1) is 0 Å². The number of hydrogen-bond donors (Lipinski definition) is 2.